The van der Waals surface area contributed by atoms with Crippen molar-refractivity contribution in [1.82, 2.24) is 19.7 Å². The lowest BCUT2D eigenvalue weighted by molar-refractivity contribution is -0.137. The van der Waals surface area contributed by atoms with Crippen molar-refractivity contribution in [2.75, 3.05) is 0 Å². The Bertz CT molecular complexity index is 1230. The van der Waals surface area contributed by atoms with E-state index in [0.29, 0.717) is 27.5 Å². The number of thioether (sulfide) groups is 1. The van der Waals surface area contributed by atoms with Gasteiger partial charge in [0.05, 0.1) is 17.4 Å². The number of nitrogens with zero attached hydrogens (tertiary/aromatic N) is 3. The second-order valence-electron chi connectivity index (χ2n) is 6.49. The van der Waals surface area contributed by atoms with E-state index in [1.54, 1.807) is 4.68 Å². The number of alkyl halides is 3. The molecule has 0 fully saturated rings. The van der Waals surface area contributed by atoms with Gasteiger partial charge in [0.25, 0.3) is 5.56 Å². The van der Waals surface area contributed by atoms with E-state index in [1.807, 2.05) is 31.2 Å². The minimum Gasteiger partial charge on any atom is -0.301 e. The first-order valence-electron chi connectivity index (χ1n) is 8.65. The minimum absolute atomic E-state index is 0.316. The molecule has 4 rings (SSSR count). The van der Waals surface area contributed by atoms with Crippen LogP contribution in [0.3, 0.4) is 0 Å². The summed E-state index contributed by atoms with van der Waals surface area (Å²) in [5, 5.41) is 5.02. The summed E-state index contributed by atoms with van der Waals surface area (Å²) >= 11 is 1.24. The summed E-state index contributed by atoms with van der Waals surface area (Å²) < 4.78 is 39.6. The first kappa shape index (κ1) is 19.3. The van der Waals surface area contributed by atoms with Gasteiger partial charge < -0.3 is 4.98 Å². The van der Waals surface area contributed by atoms with Crippen LogP contribution in [0.1, 0.15) is 16.7 Å². The van der Waals surface area contributed by atoms with Gasteiger partial charge in [-0.1, -0.05) is 36.0 Å². The third-order valence-electron chi connectivity index (χ3n) is 4.32. The molecule has 0 spiro atoms. The Labute approximate surface area is 167 Å². The third-order valence-corrected chi connectivity index (χ3v) is 5.26. The average molecular weight is 416 g/mol. The fourth-order valence-corrected chi connectivity index (χ4v) is 3.67. The monoisotopic (exact) mass is 416 g/mol. The highest BCUT2D eigenvalue weighted by Gasteiger charge is 2.29. The second-order valence-corrected chi connectivity index (χ2v) is 7.45. The number of fused-ring (bicyclic) bond motifs is 1. The Kier molecular flexibility index (Phi) is 4.91. The first-order chi connectivity index (χ1) is 13.8. The topological polar surface area (TPSA) is 63.6 Å². The zero-order valence-electron chi connectivity index (χ0n) is 15.2. The van der Waals surface area contributed by atoms with E-state index in [1.165, 1.54) is 30.1 Å². The first-order valence-corrected chi connectivity index (χ1v) is 9.64. The molecule has 0 aliphatic heterocycles. The molecule has 0 bridgehead atoms. The summed E-state index contributed by atoms with van der Waals surface area (Å²) in [5.74, 6) is 0.366. The molecule has 29 heavy (non-hydrogen) atoms. The largest absolute Gasteiger partial charge is 0.416 e. The van der Waals surface area contributed by atoms with Gasteiger partial charge in [0.2, 0.25) is 0 Å². The Morgan fingerprint density at radius 3 is 2.59 bits per heavy atom. The van der Waals surface area contributed by atoms with Crippen molar-refractivity contribution >= 4 is 22.8 Å². The molecular weight excluding hydrogens is 401 g/mol. The average Bonchev–Trinajstić information content (AvgIpc) is 3.10. The summed E-state index contributed by atoms with van der Waals surface area (Å²) in [6, 6.07) is 12.6. The molecule has 4 aromatic rings. The van der Waals surface area contributed by atoms with Gasteiger partial charge in [0, 0.05) is 5.75 Å². The zero-order valence-corrected chi connectivity index (χ0v) is 16.0. The van der Waals surface area contributed by atoms with Crippen LogP contribution in [0.5, 0.6) is 0 Å². The SMILES string of the molecule is Cc1cccc(-n2ncc3c(=O)[nH]c(SCc4ccc(C(F)(F)F)cc4)nc32)c1. The zero-order chi connectivity index (χ0) is 20.6. The highest BCUT2D eigenvalue weighted by molar-refractivity contribution is 7.98. The molecule has 0 amide bonds. The van der Waals surface area contributed by atoms with Crippen LogP contribution in [0.4, 0.5) is 13.2 Å². The highest BCUT2D eigenvalue weighted by Crippen LogP contribution is 2.30. The molecular formula is C20H15F3N4OS. The van der Waals surface area contributed by atoms with Gasteiger partial charge in [-0.15, -0.1) is 0 Å². The molecule has 1 N–H and O–H groups in total. The molecule has 0 unspecified atom stereocenters. The maximum Gasteiger partial charge on any atom is 0.416 e. The summed E-state index contributed by atoms with van der Waals surface area (Å²) in [6.07, 6.45) is -2.90. The van der Waals surface area contributed by atoms with Gasteiger partial charge in [-0.2, -0.15) is 18.3 Å². The number of aryl methyl sites for hydroxylation is 1. The fraction of sp³-hybridized carbons (Fsp3) is 0.150. The normalized spacial score (nSPS) is 11.9. The lowest BCUT2D eigenvalue weighted by Crippen LogP contribution is -2.10. The minimum atomic E-state index is -4.36. The van der Waals surface area contributed by atoms with E-state index >= 15 is 0 Å². The van der Waals surface area contributed by atoms with E-state index in [-0.39, 0.29) is 5.56 Å². The molecule has 2 aromatic carbocycles. The fourth-order valence-electron chi connectivity index (χ4n) is 2.86. The number of hydrogen-bond donors (Lipinski definition) is 1. The van der Waals surface area contributed by atoms with Crippen molar-refractivity contribution in [2.24, 2.45) is 0 Å². The molecule has 0 radical (unpaired) electrons. The van der Waals surface area contributed by atoms with Crippen molar-refractivity contribution in [3.05, 3.63) is 81.8 Å². The van der Waals surface area contributed by atoms with Crippen LogP contribution in [0.25, 0.3) is 16.7 Å². The summed E-state index contributed by atoms with van der Waals surface area (Å²) in [6.45, 7) is 1.96. The van der Waals surface area contributed by atoms with Crippen molar-refractivity contribution in [1.29, 1.82) is 0 Å². The number of aromatic amines is 1. The molecule has 9 heteroatoms. The maximum atomic E-state index is 12.7. The predicted molar refractivity (Wildman–Crippen MR) is 105 cm³/mol. The van der Waals surface area contributed by atoms with Crippen molar-refractivity contribution in [2.45, 2.75) is 24.0 Å². The molecule has 2 heterocycles. The van der Waals surface area contributed by atoms with E-state index in [4.69, 9.17) is 0 Å². The molecule has 0 aliphatic rings. The number of rotatable bonds is 4. The molecule has 0 saturated heterocycles. The quantitative estimate of drug-likeness (QED) is 0.386. The summed E-state index contributed by atoms with van der Waals surface area (Å²) in [7, 11) is 0. The van der Waals surface area contributed by atoms with Crippen molar-refractivity contribution < 1.29 is 13.2 Å². The van der Waals surface area contributed by atoms with Crippen LogP contribution in [-0.2, 0) is 11.9 Å². The van der Waals surface area contributed by atoms with Crippen LogP contribution in [0.15, 0.2) is 64.7 Å². The van der Waals surface area contributed by atoms with Crippen LogP contribution >= 0.6 is 11.8 Å². The van der Waals surface area contributed by atoms with Gasteiger partial charge in [0.1, 0.15) is 5.39 Å². The van der Waals surface area contributed by atoms with Gasteiger partial charge >= 0.3 is 6.18 Å². The van der Waals surface area contributed by atoms with Crippen molar-refractivity contribution in [3.63, 3.8) is 0 Å². The highest BCUT2D eigenvalue weighted by atomic mass is 32.2. The number of hydrogen-bond acceptors (Lipinski definition) is 4. The number of benzene rings is 2. The number of halogens is 3. The van der Waals surface area contributed by atoms with Crippen LogP contribution in [0.2, 0.25) is 0 Å². The maximum absolute atomic E-state index is 12.7. The Balaban J connectivity index is 1.61. The third kappa shape index (κ3) is 4.04. The Hall–Kier alpha value is -3.07. The number of nitrogens with one attached hydrogen (secondary N) is 1. The summed E-state index contributed by atoms with van der Waals surface area (Å²) in [5.41, 5.74) is 1.95. The van der Waals surface area contributed by atoms with Gasteiger partial charge in [-0.25, -0.2) is 9.67 Å². The van der Waals surface area contributed by atoms with Gasteiger partial charge in [-0.3, -0.25) is 4.79 Å². The number of aromatic nitrogens is 4. The molecule has 0 saturated carbocycles. The van der Waals surface area contributed by atoms with Gasteiger partial charge in [0.15, 0.2) is 10.8 Å². The van der Waals surface area contributed by atoms with Crippen LogP contribution < -0.4 is 5.56 Å². The lowest BCUT2D eigenvalue weighted by atomic mass is 10.1. The number of H-pyrrole nitrogens is 1. The molecule has 5 nitrogen and oxygen atoms in total. The van der Waals surface area contributed by atoms with E-state index < -0.39 is 11.7 Å². The lowest BCUT2D eigenvalue weighted by Gasteiger charge is -2.08. The molecule has 0 atom stereocenters. The van der Waals surface area contributed by atoms with Crippen LogP contribution in [-0.4, -0.2) is 19.7 Å². The Morgan fingerprint density at radius 1 is 1.14 bits per heavy atom. The van der Waals surface area contributed by atoms with Gasteiger partial charge in [-0.05, 0) is 42.3 Å². The predicted octanol–water partition coefficient (Wildman–Crippen LogP) is 4.73. The second kappa shape index (κ2) is 7.40. The standard InChI is InChI=1S/C20H15F3N4OS/c1-12-3-2-4-15(9-12)27-17-16(10-24-27)18(28)26-19(25-17)29-11-13-5-7-14(8-6-13)20(21,22)23/h2-10H,11H2,1H3,(H,25,26,28). The smallest absolute Gasteiger partial charge is 0.301 e. The molecule has 2 aromatic heterocycles. The van der Waals surface area contributed by atoms with E-state index in [2.05, 4.69) is 15.1 Å². The molecule has 148 valence electrons. The van der Waals surface area contributed by atoms with Crippen LogP contribution in [0, 0.1) is 6.92 Å². The Morgan fingerprint density at radius 2 is 1.90 bits per heavy atom. The van der Waals surface area contributed by atoms with E-state index in [0.717, 1.165) is 23.4 Å². The van der Waals surface area contributed by atoms with E-state index in [9.17, 15) is 18.0 Å². The van der Waals surface area contributed by atoms with Crippen molar-refractivity contribution in [3.8, 4) is 5.69 Å². The molecule has 0 aliphatic carbocycles. The summed E-state index contributed by atoms with van der Waals surface area (Å²) in [4.78, 5) is 19.6.